The van der Waals surface area contributed by atoms with Gasteiger partial charge in [0.25, 0.3) is 0 Å². The number of aliphatic carboxylic acids is 1. The topological polar surface area (TPSA) is 126 Å². The molecule has 0 saturated carbocycles. The van der Waals surface area contributed by atoms with Crippen LogP contribution in [-0.4, -0.2) is 76.7 Å². The number of ether oxygens (including phenoxy) is 3. The summed E-state index contributed by atoms with van der Waals surface area (Å²) in [4.78, 5) is 25.4. The number of piperidine rings is 1. The number of aliphatic hydroxyl groups is 2. The number of hydrogen-bond acceptors (Lipinski definition) is 8. The molecular formula is C22H25NO8. The summed E-state index contributed by atoms with van der Waals surface area (Å²) >= 11 is 0. The fourth-order valence-corrected chi connectivity index (χ4v) is 6.01. The molecule has 166 valence electrons. The van der Waals surface area contributed by atoms with E-state index in [0.717, 1.165) is 17.7 Å². The number of carboxylic acid groups (broad SMARTS) is 1. The van der Waals surface area contributed by atoms with E-state index in [1.165, 1.54) is 0 Å². The van der Waals surface area contributed by atoms with E-state index >= 15 is 0 Å². The number of aliphatic hydroxyl groups excluding tert-OH is 1. The Morgan fingerprint density at radius 2 is 2.16 bits per heavy atom. The number of nitrogens with zero attached hydrogens (tertiary/aromatic N) is 1. The lowest BCUT2D eigenvalue weighted by molar-refractivity contribution is -0.170. The molecule has 0 amide bonds. The fraction of sp³-hybridized carbons (Fsp3) is 0.545. The van der Waals surface area contributed by atoms with Crippen molar-refractivity contribution in [3.05, 3.63) is 35.1 Å². The first-order chi connectivity index (χ1) is 14.7. The summed E-state index contributed by atoms with van der Waals surface area (Å²) in [6.45, 7) is 0.738. The molecule has 2 heterocycles. The molecule has 9 heteroatoms. The molecule has 0 aromatic heterocycles. The largest absolute Gasteiger partial charge is 0.493 e. The van der Waals surface area contributed by atoms with Crippen molar-refractivity contribution in [1.82, 2.24) is 4.90 Å². The van der Waals surface area contributed by atoms with Gasteiger partial charge in [-0.1, -0.05) is 6.07 Å². The normalized spacial score (nSPS) is 33.6. The maximum Gasteiger partial charge on any atom is 0.333 e. The Balaban J connectivity index is 1.59. The number of carbonyl (C=O) groups is 2. The van der Waals surface area contributed by atoms with Crippen molar-refractivity contribution < 1.29 is 39.1 Å². The van der Waals surface area contributed by atoms with E-state index in [2.05, 4.69) is 4.90 Å². The molecule has 1 saturated heterocycles. The second-order valence-electron chi connectivity index (χ2n) is 8.82. The average Bonchev–Trinajstić information content (AvgIpc) is 3.08. The average molecular weight is 431 g/mol. The monoisotopic (exact) mass is 431 g/mol. The van der Waals surface area contributed by atoms with E-state index in [-0.39, 0.29) is 18.2 Å². The van der Waals surface area contributed by atoms with Gasteiger partial charge < -0.3 is 34.4 Å². The van der Waals surface area contributed by atoms with Crippen molar-refractivity contribution in [3.63, 3.8) is 0 Å². The zero-order chi connectivity index (χ0) is 22.1. The van der Waals surface area contributed by atoms with Crippen molar-refractivity contribution in [3.8, 4) is 11.5 Å². The smallest absolute Gasteiger partial charge is 0.333 e. The van der Waals surface area contributed by atoms with Gasteiger partial charge in [0.1, 0.15) is 5.76 Å². The third-order valence-electron chi connectivity index (χ3n) is 7.43. The first-order valence-corrected chi connectivity index (χ1v) is 10.3. The Bertz CT molecular complexity index is 1010. The molecule has 1 fully saturated rings. The Hall–Kier alpha value is -2.62. The first kappa shape index (κ1) is 20.3. The molecule has 9 nitrogen and oxygen atoms in total. The number of hydrogen-bond donors (Lipinski definition) is 3. The molecule has 1 aromatic rings. The summed E-state index contributed by atoms with van der Waals surface area (Å²) in [6.07, 6.45) is -0.0812. The number of esters is 1. The van der Waals surface area contributed by atoms with Crippen LogP contribution in [0, 0.1) is 0 Å². The van der Waals surface area contributed by atoms with Crippen LogP contribution >= 0.6 is 0 Å². The van der Waals surface area contributed by atoms with E-state index < -0.39 is 41.6 Å². The summed E-state index contributed by atoms with van der Waals surface area (Å²) in [7, 11) is 3.56. The summed E-state index contributed by atoms with van der Waals surface area (Å²) in [5.41, 5.74) is 0.0627. The second-order valence-corrected chi connectivity index (χ2v) is 8.82. The predicted octanol–water partition coefficient (Wildman–Crippen LogP) is 0.352. The van der Waals surface area contributed by atoms with Gasteiger partial charge in [-0.15, -0.1) is 0 Å². The Morgan fingerprint density at radius 1 is 1.39 bits per heavy atom. The number of carboxylic acids is 1. The van der Waals surface area contributed by atoms with Crippen LogP contribution in [0.1, 0.15) is 30.4 Å². The van der Waals surface area contributed by atoms with Gasteiger partial charge in [0, 0.05) is 18.0 Å². The lowest BCUT2D eigenvalue weighted by atomic mass is 9.50. The van der Waals surface area contributed by atoms with Crippen molar-refractivity contribution in [2.45, 2.75) is 54.9 Å². The molecule has 2 aliphatic heterocycles. The van der Waals surface area contributed by atoms with Crippen molar-refractivity contribution in [2.75, 3.05) is 20.7 Å². The second kappa shape index (κ2) is 6.69. The zero-order valence-electron chi connectivity index (χ0n) is 17.3. The highest BCUT2D eigenvalue weighted by Crippen LogP contribution is 2.65. The van der Waals surface area contributed by atoms with Gasteiger partial charge in [-0.05, 0) is 44.1 Å². The van der Waals surface area contributed by atoms with Crippen molar-refractivity contribution in [2.24, 2.45) is 0 Å². The van der Waals surface area contributed by atoms with Gasteiger partial charge in [-0.2, -0.15) is 0 Å². The lowest BCUT2D eigenvalue weighted by Crippen LogP contribution is -2.74. The van der Waals surface area contributed by atoms with Crippen LogP contribution in [0.25, 0.3) is 0 Å². The predicted molar refractivity (Wildman–Crippen MR) is 106 cm³/mol. The van der Waals surface area contributed by atoms with E-state index in [0.29, 0.717) is 24.3 Å². The molecule has 2 bridgehead atoms. The van der Waals surface area contributed by atoms with E-state index in [1.54, 1.807) is 13.2 Å². The van der Waals surface area contributed by atoms with Crippen LogP contribution in [0.15, 0.2) is 24.0 Å². The van der Waals surface area contributed by atoms with Crippen molar-refractivity contribution in [1.29, 1.82) is 0 Å². The SMILES string of the molecule is COc1ccc2c3c1O[C@H]1C(OC(=O)C[C@H](O)C(=O)O)=CC[C@@]4(O)[C@@H](C2)N(C)CC[C@]314. The minimum absolute atomic E-state index is 0.124. The maximum absolute atomic E-state index is 12.3. The number of benzene rings is 1. The molecule has 1 aromatic carbocycles. The lowest BCUT2D eigenvalue weighted by Gasteiger charge is -2.61. The van der Waals surface area contributed by atoms with Gasteiger partial charge in [0.05, 0.1) is 24.5 Å². The summed E-state index contributed by atoms with van der Waals surface area (Å²) in [6, 6.07) is 3.73. The Morgan fingerprint density at radius 3 is 2.87 bits per heavy atom. The van der Waals surface area contributed by atoms with Crippen LogP contribution in [0.3, 0.4) is 0 Å². The van der Waals surface area contributed by atoms with Crippen LogP contribution in [0.5, 0.6) is 11.5 Å². The van der Waals surface area contributed by atoms with Crippen LogP contribution in [0.4, 0.5) is 0 Å². The van der Waals surface area contributed by atoms with Gasteiger partial charge >= 0.3 is 11.9 Å². The number of likely N-dealkylation sites (tertiary alicyclic amines) is 1. The van der Waals surface area contributed by atoms with Gasteiger partial charge in [0.2, 0.25) is 0 Å². The number of methoxy groups -OCH3 is 1. The van der Waals surface area contributed by atoms with E-state index in [1.807, 2.05) is 19.2 Å². The fourth-order valence-electron chi connectivity index (χ4n) is 6.01. The molecule has 5 rings (SSSR count). The van der Waals surface area contributed by atoms with Crippen LogP contribution in [0.2, 0.25) is 0 Å². The van der Waals surface area contributed by atoms with Crippen LogP contribution < -0.4 is 9.47 Å². The van der Waals surface area contributed by atoms with E-state index in [9.17, 15) is 19.8 Å². The summed E-state index contributed by atoms with van der Waals surface area (Å²) in [5.74, 6) is -1.02. The molecule has 5 atom stereocenters. The molecule has 0 unspecified atom stereocenters. The molecule has 2 aliphatic carbocycles. The minimum Gasteiger partial charge on any atom is -0.493 e. The molecular weight excluding hydrogens is 406 g/mol. The maximum atomic E-state index is 12.3. The molecule has 4 aliphatic rings. The molecule has 3 N–H and O–H groups in total. The summed E-state index contributed by atoms with van der Waals surface area (Å²) in [5, 5.41) is 30.4. The van der Waals surface area contributed by atoms with Gasteiger partial charge in [0.15, 0.2) is 23.7 Å². The Labute approximate surface area is 178 Å². The highest BCUT2D eigenvalue weighted by atomic mass is 16.6. The van der Waals surface area contributed by atoms with Gasteiger partial charge in [-0.25, -0.2) is 4.79 Å². The first-order valence-electron chi connectivity index (χ1n) is 10.3. The number of likely N-dealkylation sites (N-methyl/N-ethyl adjacent to an activating group) is 1. The zero-order valence-corrected chi connectivity index (χ0v) is 17.3. The number of carbonyl (C=O) groups excluding carboxylic acids is 1. The molecule has 1 spiro atoms. The molecule has 31 heavy (non-hydrogen) atoms. The molecule has 0 radical (unpaired) electrons. The highest BCUT2D eigenvalue weighted by molar-refractivity contribution is 5.81. The minimum atomic E-state index is -1.84. The standard InChI is InChI=1S/C22H25NO8/c1-23-8-7-21-17-11-3-4-13(29-2)18(17)31-19(21)14(5-6-22(21,28)15(23)9-11)30-16(25)10-12(24)20(26)27/h3-5,12,15,19,24,28H,6-10H2,1-2H3,(H,26,27)/t12-,15+,19-,21-,22+/m0/s1. The van der Waals surface area contributed by atoms with Crippen molar-refractivity contribution >= 4 is 11.9 Å². The third kappa shape index (κ3) is 2.54. The van der Waals surface area contributed by atoms with Crippen LogP contribution in [-0.2, 0) is 26.2 Å². The third-order valence-corrected chi connectivity index (χ3v) is 7.43. The highest BCUT2D eigenvalue weighted by Gasteiger charge is 2.72. The Kier molecular flexibility index (Phi) is 4.38. The number of rotatable bonds is 5. The van der Waals surface area contributed by atoms with Gasteiger partial charge in [-0.3, -0.25) is 4.79 Å². The quantitative estimate of drug-likeness (QED) is 0.566. The van der Waals surface area contributed by atoms with E-state index in [4.69, 9.17) is 19.3 Å². The summed E-state index contributed by atoms with van der Waals surface area (Å²) < 4.78 is 17.4.